The van der Waals surface area contributed by atoms with E-state index in [2.05, 4.69) is 10.3 Å². The molecule has 0 aliphatic carbocycles. The van der Waals surface area contributed by atoms with Gasteiger partial charge in [-0.05, 0) is 36.5 Å². The molecule has 2 rings (SSSR count). The van der Waals surface area contributed by atoms with Gasteiger partial charge in [-0.3, -0.25) is 9.59 Å². The molecule has 0 aliphatic heterocycles. The molecule has 0 aliphatic rings. The van der Waals surface area contributed by atoms with Crippen LogP contribution < -0.4 is 5.32 Å². The van der Waals surface area contributed by atoms with Gasteiger partial charge in [-0.1, -0.05) is 26.0 Å². The van der Waals surface area contributed by atoms with E-state index in [4.69, 9.17) is 5.11 Å². The van der Waals surface area contributed by atoms with Crippen molar-refractivity contribution >= 4 is 11.9 Å². The smallest absolute Gasteiger partial charge is 0.303 e. The van der Waals surface area contributed by atoms with Crippen molar-refractivity contribution in [2.24, 2.45) is 5.41 Å². The minimum Gasteiger partial charge on any atom is -0.481 e. The van der Waals surface area contributed by atoms with Crippen molar-refractivity contribution < 1.29 is 14.7 Å². The first-order chi connectivity index (χ1) is 11.8. The average Bonchev–Trinajstić information content (AvgIpc) is 3.08. The van der Waals surface area contributed by atoms with E-state index in [0.717, 1.165) is 11.3 Å². The van der Waals surface area contributed by atoms with Crippen molar-refractivity contribution in [2.75, 3.05) is 0 Å². The molecule has 134 valence electrons. The fraction of sp³-hybridized carbons (Fsp3) is 0.421. The Morgan fingerprint density at radius 3 is 2.48 bits per heavy atom. The first-order valence-electron chi connectivity index (χ1n) is 8.42. The number of carboxylic acid groups (broad SMARTS) is 1. The van der Waals surface area contributed by atoms with Gasteiger partial charge in [0, 0.05) is 24.5 Å². The number of imidazole rings is 1. The molecule has 0 spiro atoms. The van der Waals surface area contributed by atoms with Crippen molar-refractivity contribution in [1.29, 1.82) is 0 Å². The maximum Gasteiger partial charge on any atom is 0.303 e. The number of hydrogen-bond acceptors (Lipinski definition) is 3. The molecule has 2 N–H and O–H groups in total. The van der Waals surface area contributed by atoms with Crippen LogP contribution in [0.5, 0.6) is 0 Å². The molecule has 0 saturated heterocycles. The number of carbonyl (C=O) groups is 2. The Kier molecular flexibility index (Phi) is 5.96. The second kappa shape index (κ2) is 7.96. The van der Waals surface area contributed by atoms with Crippen LogP contribution in [0.3, 0.4) is 0 Å². The Morgan fingerprint density at radius 2 is 1.96 bits per heavy atom. The molecule has 0 unspecified atom stereocenters. The Morgan fingerprint density at radius 1 is 1.28 bits per heavy atom. The molecule has 0 saturated carbocycles. The van der Waals surface area contributed by atoms with Crippen molar-refractivity contribution in [3.63, 3.8) is 0 Å². The lowest BCUT2D eigenvalue weighted by Crippen LogP contribution is -2.33. The van der Waals surface area contributed by atoms with Gasteiger partial charge in [-0.2, -0.15) is 0 Å². The first-order valence-corrected chi connectivity index (χ1v) is 8.42. The Bertz CT molecular complexity index is 710. The lowest BCUT2D eigenvalue weighted by Gasteiger charge is -2.26. The maximum atomic E-state index is 12.3. The van der Waals surface area contributed by atoms with Crippen LogP contribution in [0.25, 0.3) is 5.69 Å². The number of rotatable bonds is 8. The van der Waals surface area contributed by atoms with Gasteiger partial charge in [0.05, 0.1) is 18.8 Å². The fourth-order valence-electron chi connectivity index (χ4n) is 2.79. The topological polar surface area (TPSA) is 84.2 Å². The number of aliphatic carboxylic acids is 1. The van der Waals surface area contributed by atoms with Gasteiger partial charge in [-0.15, -0.1) is 0 Å². The molecule has 6 nitrogen and oxygen atoms in total. The third kappa shape index (κ3) is 5.17. The van der Waals surface area contributed by atoms with Crippen molar-refractivity contribution in [1.82, 2.24) is 14.9 Å². The number of carboxylic acids is 1. The van der Waals surface area contributed by atoms with E-state index in [-0.39, 0.29) is 24.8 Å². The zero-order valence-electron chi connectivity index (χ0n) is 14.9. The molecule has 1 aromatic carbocycles. The zero-order valence-corrected chi connectivity index (χ0v) is 14.9. The predicted molar refractivity (Wildman–Crippen MR) is 95.4 cm³/mol. The highest BCUT2D eigenvalue weighted by molar-refractivity contribution is 5.78. The molecule has 0 fully saturated rings. The summed E-state index contributed by atoms with van der Waals surface area (Å²) in [5, 5.41) is 12.0. The van der Waals surface area contributed by atoms with Crippen LogP contribution in [0, 0.1) is 5.41 Å². The second-order valence-corrected chi connectivity index (χ2v) is 6.76. The third-order valence-electron chi connectivity index (χ3n) is 4.59. The molecule has 1 amide bonds. The number of nitrogens with zero attached hydrogens (tertiary/aromatic N) is 2. The molecular formula is C19H25N3O3. The van der Waals surface area contributed by atoms with Gasteiger partial charge in [0.2, 0.25) is 5.91 Å². The van der Waals surface area contributed by atoms with Gasteiger partial charge < -0.3 is 15.0 Å². The molecule has 0 radical (unpaired) electrons. The minimum atomic E-state index is -0.875. The minimum absolute atomic E-state index is 0.00902. The van der Waals surface area contributed by atoms with E-state index >= 15 is 0 Å². The summed E-state index contributed by atoms with van der Waals surface area (Å²) in [7, 11) is 0. The van der Waals surface area contributed by atoms with E-state index < -0.39 is 11.4 Å². The fourth-order valence-corrected chi connectivity index (χ4v) is 2.79. The standard InChI is InChI=1S/C19H25N3O3/c1-4-19(3,12-18(24)25)11-17(23)21-14(2)15-5-7-16(8-6-15)22-10-9-20-13-22/h5-10,13-14H,4,11-12H2,1-3H3,(H,21,23)(H,24,25)/t14-,19-/m1/s1. The molecule has 1 aromatic heterocycles. The lowest BCUT2D eigenvalue weighted by atomic mass is 9.80. The summed E-state index contributed by atoms with van der Waals surface area (Å²) in [5.41, 5.74) is 1.47. The highest BCUT2D eigenvalue weighted by Crippen LogP contribution is 2.30. The van der Waals surface area contributed by atoms with E-state index in [1.165, 1.54) is 0 Å². The normalized spacial score (nSPS) is 14.5. The number of nitrogens with one attached hydrogen (secondary N) is 1. The first kappa shape index (κ1) is 18.7. The van der Waals surface area contributed by atoms with Crippen LogP contribution in [-0.2, 0) is 9.59 Å². The van der Waals surface area contributed by atoms with Gasteiger partial charge in [0.1, 0.15) is 0 Å². The van der Waals surface area contributed by atoms with E-state index in [9.17, 15) is 9.59 Å². The van der Waals surface area contributed by atoms with Crippen LogP contribution >= 0.6 is 0 Å². The summed E-state index contributed by atoms with van der Waals surface area (Å²) in [6.07, 6.45) is 6.15. The molecule has 1 heterocycles. The molecule has 2 aromatic rings. The molecule has 2 atom stereocenters. The van der Waals surface area contributed by atoms with Crippen LogP contribution in [-0.4, -0.2) is 26.5 Å². The summed E-state index contributed by atoms with van der Waals surface area (Å²) >= 11 is 0. The second-order valence-electron chi connectivity index (χ2n) is 6.76. The monoisotopic (exact) mass is 343 g/mol. The number of carbonyl (C=O) groups excluding carboxylic acids is 1. The lowest BCUT2D eigenvalue weighted by molar-refractivity contribution is -0.140. The van der Waals surface area contributed by atoms with E-state index in [1.807, 2.05) is 55.8 Å². The Labute approximate surface area is 147 Å². The highest BCUT2D eigenvalue weighted by atomic mass is 16.4. The van der Waals surface area contributed by atoms with E-state index in [0.29, 0.717) is 6.42 Å². The molecule has 0 bridgehead atoms. The predicted octanol–water partition coefficient (Wildman–Crippen LogP) is 3.33. The quantitative estimate of drug-likeness (QED) is 0.770. The van der Waals surface area contributed by atoms with Crippen LogP contribution in [0.4, 0.5) is 0 Å². The van der Waals surface area contributed by atoms with Gasteiger partial charge in [-0.25, -0.2) is 4.98 Å². The number of amides is 1. The maximum absolute atomic E-state index is 12.3. The molecule has 25 heavy (non-hydrogen) atoms. The molecule has 6 heteroatoms. The van der Waals surface area contributed by atoms with Gasteiger partial charge in [0.25, 0.3) is 0 Å². The summed E-state index contributed by atoms with van der Waals surface area (Å²) in [5.74, 6) is -1.00. The van der Waals surface area contributed by atoms with Gasteiger partial charge >= 0.3 is 5.97 Å². The van der Waals surface area contributed by atoms with Crippen LogP contribution in [0.1, 0.15) is 51.6 Å². The Balaban J connectivity index is 1.97. The summed E-state index contributed by atoms with van der Waals surface area (Å²) < 4.78 is 1.91. The van der Waals surface area contributed by atoms with Crippen LogP contribution in [0.2, 0.25) is 0 Å². The van der Waals surface area contributed by atoms with Crippen LogP contribution in [0.15, 0.2) is 43.0 Å². The summed E-state index contributed by atoms with van der Waals surface area (Å²) in [6.45, 7) is 5.67. The SMILES string of the molecule is CC[C@@](C)(CC(=O)O)CC(=O)N[C@H](C)c1ccc(-n2ccnc2)cc1. The largest absolute Gasteiger partial charge is 0.481 e. The number of benzene rings is 1. The zero-order chi connectivity index (χ0) is 18.4. The van der Waals surface area contributed by atoms with Crippen molar-refractivity contribution in [2.45, 2.75) is 46.1 Å². The van der Waals surface area contributed by atoms with E-state index in [1.54, 1.807) is 12.5 Å². The summed E-state index contributed by atoms with van der Waals surface area (Å²) in [4.78, 5) is 27.3. The summed E-state index contributed by atoms with van der Waals surface area (Å²) in [6, 6.07) is 7.74. The Hall–Kier alpha value is -2.63. The number of hydrogen-bond donors (Lipinski definition) is 2. The molecular weight excluding hydrogens is 318 g/mol. The van der Waals surface area contributed by atoms with Gasteiger partial charge in [0.15, 0.2) is 0 Å². The van der Waals surface area contributed by atoms with Crippen molar-refractivity contribution in [3.8, 4) is 5.69 Å². The third-order valence-corrected chi connectivity index (χ3v) is 4.59. The highest BCUT2D eigenvalue weighted by Gasteiger charge is 2.29. The number of aromatic nitrogens is 2. The average molecular weight is 343 g/mol. The van der Waals surface area contributed by atoms with Crippen molar-refractivity contribution in [3.05, 3.63) is 48.5 Å².